The van der Waals surface area contributed by atoms with Crippen molar-refractivity contribution in [3.05, 3.63) is 35.9 Å². The van der Waals surface area contributed by atoms with Crippen molar-refractivity contribution in [1.82, 2.24) is 5.32 Å². The van der Waals surface area contributed by atoms with E-state index in [4.69, 9.17) is 9.47 Å². The summed E-state index contributed by atoms with van der Waals surface area (Å²) < 4.78 is 10.2. The molecule has 0 aromatic heterocycles. The zero-order valence-corrected chi connectivity index (χ0v) is 12.2. The van der Waals surface area contributed by atoms with Crippen molar-refractivity contribution in [3.8, 4) is 0 Å². The van der Waals surface area contributed by atoms with Gasteiger partial charge in [0.25, 0.3) is 0 Å². The summed E-state index contributed by atoms with van der Waals surface area (Å²) in [6.07, 6.45) is -0.561. The molecule has 1 radical (unpaired) electrons. The SMILES string of the molecule is CC(C)(C)OC(=O)NCC(C)(O[C]=O)c1ccccc1. The number of nitrogens with one attached hydrogen (secondary N) is 1. The van der Waals surface area contributed by atoms with Gasteiger partial charge >= 0.3 is 12.6 Å². The summed E-state index contributed by atoms with van der Waals surface area (Å²) in [6, 6.07) is 9.14. The van der Waals surface area contributed by atoms with Crippen LogP contribution in [0.1, 0.15) is 33.3 Å². The molecule has 0 aliphatic carbocycles. The van der Waals surface area contributed by atoms with Crippen molar-refractivity contribution in [1.29, 1.82) is 0 Å². The van der Waals surface area contributed by atoms with Crippen LogP contribution in [-0.4, -0.2) is 24.7 Å². The molecular weight excluding hydrogens is 258 g/mol. The summed E-state index contributed by atoms with van der Waals surface area (Å²) in [5, 5.41) is 2.60. The van der Waals surface area contributed by atoms with E-state index in [0.717, 1.165) is 5.56 Å². The van der Waals surface area contributed by atoms with E-state index in [9.17, 15) is 9.59 Å². The second-order valence-corrected chi connectivity index (χ2v) is 5.64. The number of amides is 1. The maximum Gasteiger partial charge on any atom is 0.418 e. The topological polar surface area (TPSA) is 64.6 Å². The lowest BCUT2D eigenvalue weighted by molar-refractivity contribution is 0.0359. The van der Waals surface area contributed by atoms with Gasteiger partial charge in [0.05, 0.1) is 6.54 Å². The zero-order valence-electron chi connectivity index (χ0n) is 12.2. The third kappa shape index (κ3) is 4.91. The third-order valence-corrected chi connectivity index (χ3v) is 2.62. The number of ether oxygens (including phenoxy) is 2. The standard InChI is InChI=1S/C15H20NO4/c1-14(2,3)20-13(18)16-10-15(4,19-11-17)12-8-6-5-7-9-12/h5-9H,10H2,1-4H3,(H,16,18). The molecule has 1 rings (SSSR count). The minimum Gasteiger partial charge on any atom is -0.444 e. The van der Waals surface area contributed by atoms with Crippen LogP contribution in [0.5, 0.6) is 0 Å². The van der Waals surface area contributed by atoms with E-state index >= 15 is 0 Å². The van der Waals surface area contributed by atoms with Crippen LogP contribution in [0.15, 0.2) is 30.3 Å². The van der Waals surface area contributed by atoms with Crippen LogP contribution in [0.2, 0.25) is 0 Å². The molecule has 20 heavy (non-hydrogen) atoms. The van der Waals surface area contributed by atoms with E-state index in [-0.39, 0.29) is 6.54 Å². The molecule has 1 N–H and O–H groups in total. The molecule has 0 saturated heterocycles. The van der Waals surface area contributed by atoms with Crippen LogP contribution in [-0.2, 0) is 19.9 Å². The molecule has 0 aliphatic heterocycles. The van der Waals surface area contributed by atoms with Crippen LogP contribution >= 0.6 is 0 Å². The molecule has 1 atom stereocenters. The second-order valence-electron chi connectivity index (χ2n) is 5.64. The minimum atomic E-state index is -0.986. The molecule has 0 saturated carbocycles. The Morgan fingerprint density at radius 3 is 2.30 bits per heavy atom. The fourth-order valence-electron chi connectivity index (χ4n) is 1.63. The Morgan fingerprint density at radius 2 is 1.80 bits per heavy atom. The van der Waals surface area contributed by atoms with Crippen LogP contribution in [0, 0.1) is 0 Å². The first-order chi connectivity index (χ1) is 9.27. The summed E-state index contributed by atoms with van der Waals surface area (Å²) in [6.45, 7) is 8.56. The van der Waals surface area contributed by atoms with Gasteiger partial charge in [0.2, 0.25) is 0 Å². The van der Waals surface area contributed by atoms with E-state index in [1.807, 2.05) is 30.3 Å². The van der Waals surface area contributed by atoms with Crippen molar-refractivity contribution in [3.63, 3.8) is 0 Å². The van der Waals surface area contributed by atoms with Gasteiger partial charge in [-0.15, -0.1) is 0 Å². The number of rotatable bonds is 5. The zero-order chi connectivity index (χ0) is 15.2. The Balaban J connectivity index is 2.73. The Kier molecular flexibility index (Phi) is 5.13. The van der Waals surface area contributed by atoms with Gasteiger partial charge in [-0.2, -0.15) is 0 Å². The molecule has 5 heteroatoms. The maximum atomic E-state index is 11.7. The molecule has 1 aromatic carbocycles. The highest BCUT2D eigenvalue weighted by molar-refractivity contribution is 5.67. The molecule has 0 fully saturated rings. The minimum absolute atomic E-state index is 0.0984. The third-order valence-electron chi connectivity index (χ3n) is 2.62. The van der Waals surface area contributed by atoms with Crippen molar-refractivity contribution in [2.24, 2.45) is 0 Å². The van der Waals surface area contributed by atoms with Crippen molar-refractivity contribution < 1.29 is 19.1 Å². The van der Waals surface area contributed by atoms with Crippen LogP contribution in [0.25, 0.3) is 0 Å². The number of carbonyl (C=O) groups excluding carboxylic acids is 2. The van der Waals surface area contributed by atoms with E-state index in [0.29, 0.717) is 0 Å². The highest BCUT2D eigenvalue weighted by Gasteiger charge is 2.30. The van der Waals surface area contributed by atoms with Gasteiger partial charge in [-0.05, 0) is 33.3 Å². The molecule has 1 aromatic rings. The van der Waals surface area contributed by atoms with Gasteiger partial charge in [0.1, 0.15) is 5.60 Å². The van der Waals surface area contributed by atoms with Crippen LogP contribution in [0.4, 0.5) is 4.79 Å². The van der Waals surface area contributed by atoms with Crippen LogP contribution in [0.3, 0.4) is 0 Å². The highest BCUT2D eigenvalue weighted by Crippen LogP contribution is 2.23. The molecular formula is C15H20NO4. The average molecular weight is 278 g/mol. The molecule has 109 valence electrons. The summed E-state index contributed by atoms with van der Waals surface area (Å²) in [5.41, 5.74) is -0.801. The molecule has 1 amide bonds. The lowest BCUT2D eigenvalue weighted by atomic mass is 9.96. The lowest BCUT2D eigenvalue weighted by Gasteiger charge is -2.28. The van der Waals surface area contributed by atoms with Gasteiger partial charge in [0, 0.05) is 0 Å². The normalized spacial score (nSPS) is 14.0. The predicted octanol–water partition coefficient (Wildman–Crippen LogP) is 2.51. The van der Waals surface area contributed by atoms with Crippen molar-refractivity contribution in [2.75, 3.05) is 6.54 Å². The molecule has 0 bridgehead atoms. The molecule has 5 nitrogen and oxygen atoms in total. The monoisotopic (exact) mass is 278 g/mol. The van der Waals surface area contributed by atoms with Gasteiger partial charge in [-0.3, -0.25) is 0 Å². The summed E-state index contributed by atoms with van der Waals surface area (Å²) in [5.74, 6) is 0. The Bertz CT molecular complexity index is 453. The highest BCUT2D eigenvalue weighted by atomic mass is 16.6. The maximum absolute atomic E-state index is 11.7. The Labute approximate surface area is 119 Å². The number of hydrogen-bond acceptors (Lipinski definition) is 4. The largest absolute Gasteiger partial charge is 0.444 e. The van der Waals surface area contributed by atoms with Gasteiger partial charge in [0.15, 0.2) is 5.60 Å². The number of hydrogen-bond donors (Lipinski definition) is 1. The van der Waals surface area contributed by atoms with E-state index < -0.39 is 17.3 Å². The van der Waals surface area contributed by atoms with Crippen molar-refractivity contribution >= 4 is 12.6 Å². The first-order valence-electron chi connectivity index (χ1n) is 6.34. The van der Waals surface area contributed by atoms with E-state index in [1.165, 1.54) is 6.47 Å². The van der Waals surface area contributed by atoms with E-state index in [1.54, 1.807) is 27.7 Å². The van der Waals surface area contributed by atoms with Crippen LogP contribution < -0.4 is 5.32 Å². The summed E-state index contributed by atoms with van der Waals surface area (Å²) in [7, 11) is 0. The molecule has 0 aliphatic rings. The molecule has 0 heterocycles. The first kappa shape index (κ1) is 16.0. The molecule has 1 unspecified atom stereocenters. The smallest absolute Gasteiger partial charge is 0.418 e. The number of carbonyl (C=O) groups is 1. The van der Waals surface area contributed by atoms with Gasteiger partial charge < -0.3 is 14.8 Å². The summed E-state index contributed by atoms with van der Waals surface area (Å²) >= 11 is 0. The first-order valence-corrected chi connectivity index (χ1v) is 6.34. The average Bonchev–Trinajstić information content (AvgIpc) is 2.36. The van der Waals surface area contributed by atoms with Crippen molar-refractivity contribution in [2.45, 2.75) is 38.9 Å². The second kappa shape index (κ2) is 6.41. The van der Waals surface area contributed by atoms with Gasteiger partial charge in [-0.25, -0.2) is 9.59 Å². The Hall–Kier alpha value is -2.04. The lowest BCUT2D eigenvalue weighted by Crippen LogP contribution is -2.42. The Morgan fingerprint density at radius 1 is 1.20 bits per heavy atom. The van der Waals surface area contributed by atoms with Gasteiger partial charge in [-0.1, -0.05) is 30.3 Å². The van der Waals surface area contributed by atoms with E-state index in [2.05, 4.69) is 5.32 Å². The fourth-order valence-corrected chi connectivity index (χ4v) is 1.63. The predicted molar refractivity (Wildman–Crippen MR) is 74.8 cm³/mol. The molecule has 0 spiro atoms. The fraction of sp³-hybridized carbons (Fsp3) is 0.467. The summed E-state index contributed by atoms with van der Waals surface area (Å²) in [4.78, 5) is 22.2. The quantitative estimate of drug-likeness (QED) is 0.898. The number of benzene rings is 1. The number of alkyl carbamates (subject to hydrolysis) is 1.